The predicted octanol–water partition coefficient (Wildman–Crippen LogP) is 5.13. The number of rotatable bonds is 12. The van der Waals surface area contributed by atoms with Gasteiger partial charge in [-0.25, -0.2) is 0 Å². The van der Waals surface area contributed by atoms with Crippen molar-refractivity contribution in [2.24, 2.45) is 0 Å². The summed E-state index contributed by atoms with van der Waals surface area (Å²) in [6, 6.07) is 0.467. The van der Waals surface area contributed by atoms with E-state index in [1.807, 2.05) is 0 Å². The average Bonchev–Trinajstić information content (AvgIpc) is 2.86. The first-order valence-corrected chi connectivity index (χ1v) is 8.77. The molecule has 0 aliphatic carbocycles. The van der Waals surface area contributed by atoms with Gasteiger partial charge in [0, 0.05) is 12.5 Å². The van der Waals surface area contributed by atoms with E-state index in [-0.39, 0.29) is 5.91 Å². The van der Waals surface area contributed by atoms with Gasteiger partial charge in [-0.2, -0.15) is 0 Å². The highest BCUT2D eigenvalue weighted by atomic mass is 16.1. The van der Waals surface area contributed by atoms with Gasteiger partial charge < -0.3 is 5.32 Å². The van der Waals surface area contributed by atoms with Crippen LogP contribution < -0.4 is 5.32 Å². The Labute approximate surface area is 125 Å². The van der Waals surface area contributed by atoms with Crippen LogP contribution in [0.4, 0.5) is 0 Å². The fourth-order valence-electron chi connectivity index (χ4n) is 2.82. The second kappa shape index (κ2) is 12.0. The van der Waals surface area contributed by atoms with Crippen molar-refractivity contribution < 1.29 is 4.79 Å². The topological polar surface area (TPSA) is 29.1 Å². The van der Waals surface area contributed by atoms with Crippen molar-refractivity contribution in [3.8, 4) is 0 Å². The van der Waals surface area contributed by atoms with Gasteiger partial charge in [-0.1, -0.05) is 57.6 Å². The molecule has 116 valence electrons. The van der Waals surface area contributed by atoms with E-state index in [1.54, 1.807) is 0 Å². The molecular weight excluding hydrogens is 246 g/mol. The Hall–Kier alpha value is -0.790. The van der Waals surface area contributed by atoms with Crippen LogP contribution in [0.5, 0.6) is 0 Å². The first-order chi connectivity index (χ1) is 9.83. The molecule has 0 aromatic heterocycles. The number of amides is 1. The van der Waals surface area contributed by atoms with Crippen molar-refractivity contribution in [1.29, 1.82) is 0 Å². The Morgan fingerprint density at radius 3 is 2.30 bits per heavy atom. The molecule has 1 N–H and O–H groups in total. The summed E-state index contributed by atoms with van der Waals surface area (Å²) in [5.41, 5.74) is 0. The quantitative estimate of drug-likeness (QED) is 0.389. The number of hydrogen-bond acceptors (Lipinski definition) is 1. The Bertz CT molecular complexity index is 273. The van der Waals surface area contributed by atoms with Crippen molar-refractivity contribution >= 4 is 5.91 Å². The largest absolute Gasteiger partial charge is 0.353 e. The Morgan fingerprint density at radius 2 is 1.65 bits per heavy atom. The molecule has 0 aromatic carbocycles. The van der Waals surface area contributed by atoms with Gasteiger partial charge in [-0.15, -0.1) is 0 Å². The highest BCUT2D eigenvalue weighted by Gasteiger charge is 2.19. The third-order valence-electron chi connectivity index (χ3n) is 4.15. The first kappa shape index (κ1) is 17.3. The van der Waals surface area contributed by atoms with Gasteiger partial charge in [0.15, 0.2) is 0 Å². The van der Waals surface area contributed by atoms with Gasteiger partial charge in [-0.3, -0.25) is 4.79 Å². The minimum absolute atomic E-state index is 0.244. The van der Waals surface area contributed by atoms with E-state index in [2.05, 4.69) is 24.4 Å². The Morgan fingerprint density at radius 1 is 1.00 bits per heavy atom. The lowest BCUT2D eigenvalue weighted by Gasteiger charge is -2.08. The monoisotopic (exact) mass is 279 g/mol. The highest BCUT2D eigenvalue weighted by Crippen LogP contribution is 2.14. The van der Waals surface area contributed by atoms with Gasteiger partial charge in [0.05, 0.1) is 0 Å². The van der Waals surface area contributed by atoms with Crippen molar-refractivity contribution in [1.82, 2.24) is 5.32 Å². The second-order valence-corrected chi connectivity index (χ2v) is 6.12. The molecule has 0 radical (unpaired) electrons. The fraction of sp³-hybridized carbons (Fsp3) is 0.833. The second-order valence-electron chi connectivity index (χ2n) is 6.12. The molecule has 1 fully saturated rings. The zero-order valence-electron chi connectivity index (χ0n) is 13.3. The van der Waals surface area contributed by atoms with Gasteiger partial charge in [-0.05, 0) is 38.5 Å². The molecule has 1 saturated heterocycles. The molecule has 2 nitrogen and oxygen atoms in total. The van der Waals surface area contributed by atoms with Gasteiger partial charge >= 0.3 is 0 Å². The summed E-state index contributed by atoms with van der Waals surface area (Å²) in [6.45, 7) is 2.27. The molecule has 20 heavy (non-hydrogen) atoms. The van der Waals surface area contributed by atoms with Crippen LogP contribution in [0.25, 0.3) is 0 Å². The number of carbonyl (C=O) groups excluding carboxylic acids is 1. The van der Waals surface area contributed by atoms with E-state index in [9.17, 15) is 4.79 Å². The predicted molar refractivity (Wildman–Crippen MR) is 86.8 cm³/mol. The van der Waals surface area contributed by atoms with E-state index in [4.69, 9.17) is 0 Å². The van der Waals surface area contributed by atoms with Crippen molar-refractivity contribution in [3.63, 3.8) is 0 Å². The maximum absolute atomic E-state index is 11.0. The zero-order chi connectivity index (χ0) is 14.5. The van der Waals surface area contributed by atoms with Crippen LogP contribution in [0.2, 0.25) is 0 Å². The smallest absolute Gasteiger partial charge is 0.220 e. The van der Waals surface area contributed by atoms with Crippen LogP contribution in [0.1, 0.15) is 90.4 Å². The molecule has 1 atom stereocenters. The maximum atomic E-state index is 11.0. The molecular formula is C18H33NO. The number of allylic oxidation sites excluding steroid dienone is 2. The third-order valence-corrected chi connectivity index (χ3v) is 4.15. The summed E-state index contributed by atoms with van der Waals surface area (Å²) in [6.07, 6.45) is 20.9. The van der Waals surface area contributed by atoms with Crippen molar-refractivity contribution in [3.05, 3.63) is 12.2 Å². The maximum Gasteiger partial charge on any atom is 0.220 e. The van der Waals surface area contributed by atoms with Crippen LogP contribution in [0.15, 0.2) is 12.2 Å². The standard InChI is InChI=1S/C18H33NO/c1-2-3-4-5-6-7-8-9-10-11-12-13-14-17-15-16-18(20)19-17/h9-10,17H,2-8,11-16H2,1H3,(H,19,20)/b10-9-. The van der Waals surface area contributed by atoms with E-state index >= 15 is 0 Å². The van der Waals surface area contributed by atoms with Crippen LogP contribution in [0.3, 0.4) is 0 Å². The summed E-state index contributed by atoms with van der Waals surface area (Å²) < 4.78 is 0. The van der Waals surface area contributed by atoms with Crippen LogP contribution in [0, 0.1) is 0 Å². The zero-order valence-corrected chi connectivity index (χ0v) is 13.3. The number of hydrogen-bond donors (Lipinski definition) is 1. The molecule has 0 aromatic rings. The molecule has 1 heterocycles. The lowest BCUT2D eigenvalue weighted by atomic mass is 10.1. The van der Waals surface area contributed by atoms with Gasteiger partial charge in [0.25, 0.3) is 0 Å². The molecule has 0 spiro atoms. The summed E-state index contributed by atoms with van der Waals surface area (Å²) in [7, 11) is 0. The molecule has 1 aliphatic heterocycles. The minimum atomic E-state index is 0.244. The molecule has 1 rings (SSSR count). The number of carbonyl (C=O) groups is 1. The van der Waals surface area contributed by atoms with Crippen LogP contribution in [-0.2, 0) is 4.79 Å². The summed E-state index contributed by atoms with van der Waals surface area (Å²) in [5.74, 6) is 0.244. The summed E-state index contributed by atoms with van der Waals surface area (Å²) >= 11 is 0. The van der Waals surface area contributed by atoms with Crippen LogP contribution >= 0.6 is 0 Å². The molecule has 1 unspecified atom stereocenters. The normalized spacial score (nSPS) is 18.9. The third kappa shape index (κ3) is 9.17. The molecule has 2 heteroatoms. The lowest BCUT2D eigenvalue weighted by molar-refractivity contribution is -0.119. The molecule has 1 aliphatic rings. The summed E-state index contributed by atoms with van der Waals surface area (Å²) in [4.78, 5) is 11.0. The van der Waals surface area contributed by atoms with Crippen molar-refractivity contribution in [2.75, 3.05) is 0 Å². The molecule has 1 amide bonds. The average molecular weight is 279 g/mol. The Balaban J connectivity index is 1.79. The summed E-state index contributed by atoms with van der Waals surface area (Å²) in [5, 5.41) is 3.04. The van der Waals surface area contributed by atoms with Gasteiger partial charge in [0.2, 0.25) is 5.91 Å². The van der Waals surface area contributed by atoms with Gasteiger partial charge in [0.1, 0.15) is 0 Å². The van der Waals surface area contributed by atoms with Crippen LogP contribution in [-0.4, -0.2) is 11.9 Å². The van der Waals surface area contributed by atoms with E-state index in [0.29, 0.717) is 6.04 Å². The van der Waals surface area contributed by atoms with E-state index in [0.717, 1.165) is 19.3 Å². The SMILES string of the molecule is CCCCCCCC/C=C\CCCCC1CCC(=O)N1. The fourth-order valence-corrected chi connectivity index (χ4v) is 2.82. The van der Waals surface area contributed by atoms with Crippen molar-refractivity contribution in [2.45, 2.75) is 96.4 Å². The van der Waals surface area contributed by atoms with E-state index < -0.39 is 0 Å². The number of nitrogens with one attached hydrogen (secondary N) is 1. The minimum Gasteiger partial charge on any atom is -0.353 e. The molecule has 0 saturated carbocycles. The lowest BCUT2D eigenvalue weighted by Crippen LogP contribution is -2.24. The first-order valence-electron chi connectivity index (χ1n) is 8.77. The molecule has 0 bridgehead atoms. The highest BCUT2D eigenvalue weighted by molar-refractivity contribution is 5.78. The Kier molecular flexibility index (Phi) is 10.3. The van der Waals surface area contributed by atoms with E-state index in [1.165, 1.54) is 64.2 Å². The number of unbranched alkanes of at least 4 members (excludes halogenated alkanes) is 8.